The number of aromatic amines is 1. The van der Waals surface area contributed by atoms with Gasteiger partial charge in [0.2, 0.25) is 5.75 Å². The van der Waals surface area contributed by atoms with Crippen molar-refractivity contribution in [1.29, 1.82) is 0 Å². The standard InChI is InChI=1S/C29H29N3O3/c1-20(2)32(19-18-24(21-12-6-3-7-13-21)22-14-8-4-9-15-22)29(35)25-26(33)28(34)31-27(30-25)23-16-10-5-11-17-23/h3-17,20,24,33H,18-19H2,1-2H3,(H,30,31,34). The van der Waals surface area contributed by atoms with Crippen LogP contribution in [-0.2, 0) is 0 Å². The van der Waals surface area contributed by atoms with Crippen LogP contribution >= 0.6 is 0 Å². The first-order valence-electron chi connectivity index (χ1n) is 11.7. The van der Waals surface area contributed by atoms with E-state index in [1.807, 2.05) is 68.4 Å². The van der Waals surface area contributed by atoms with Gasteiger partial charge < -0.3 is 15.0 Å². The summed E-state index contributed by atoms with van der Waals surface area (Å²) in [7, 11) is 0. The molecule has 1 aromatic heterocycles. The summed E-state index contributed by atoms with van der Waals surface area (Å²) in [4.78, 5) is 34.6. The molecule has 6 nitrogen and oxygen atoms in total. The molecule has 0 aliphatic heterocycles. The van der Waals surface area contributed by atoms with Gasteiger partial charge in [-0.15, -0.1) is 0 Å². The van der Waals surface area contributed by atoms with Crippen LogP contribution < -0.4 is 5.56 Å². The number of aromatic hydroxyl groups is 1. The van der Waals surface area contributed by atoms with Crippen molar-refractivity contribution >= 4 is 5.91 Å². The molecule has 178 valence electrons. The number of hydrogen-bond donors (Lipinski definition) is 2. The van der Waals surface area contributed by atoms with Gasteiger partial charge in [-0.2, -0.15) is 0 Å². The molecule has 1 heterocycles. The molecule has 0 bridgehead atoms. The summed E-state index contributed by atoms with van der Waals surface area (Å²) in [6.07, 6.45) is 0.674. The predicted octanol–water partition coefficient (Wildman–Crippen LogP) is 5.22. The highest BCUT2D eigenvalue weighted by Crippen LogP contribution is 2.29. The van der Waals surface area contributed by atoms with E-state index < -0.39 is 17.2 Å². The van der Waals surface area contributed by atoms with E-state index in [0.29, 0.717) is 18.5 Å². The number of benzene rings is 3. The second-order valence-corrected chi connectivity index (χ2v) is 8.73. The first kappa shape index (κ1) is 24.0. The Morgan fingerprint density at radius 1 is 0.886 bits per heavy atom. The molecule has 2 N–H and O–H groups in total. The molecule has 0 aliphatic carbocycles. The largest absolute Gasteiger partial charge is 0.501 e. The molecule has 35 heavy (non-hydrogen) atoms. The van der Waals surface area contributed by atoms with Crippen molar-refractivity contribution in [3.8, 4) is 17.1 Å². The third-order valence-electron chi connectivity index (χ3n) is 6.09. The van der Waals surface area contributed by atoms with Gasteiger partial charge in [0.05, 0.1) is 0 Å². The average molecular weight is 468 g/mol. The number of carbonyl (C=O) groups is 1. The quantitative estimate of drug-likeness (QED) is 0.372. The zero-order valence-corrected chi connectivity index (χ0v) is 19.9. The van der Waals surface area contributed by atoms with E-state index in [2.05, 4.69) is 34.2 Å². The van der Waals surface area contributed by atoms with E-state index in [-0.39, 0.29) is 23.5 Å². The highest BCUT2D eigenvalue weighted by atomic mass is 16.3. The highest BCUT2D eigenvalue weighted by molar-refractivity contribution is 5.95. The SMILES string of the molecule is CC(C)N(CCC(c1ccccc1)c1ccccc1)C(=O)c1nc(-c2ccccc2)[nH]c(=O)c1O. The zero-order chi connectivity index (χ0) is 24.8. The second kappa shape index (κ2) is 10.8. The van der Waals surface area contributed by atoms with Gasteiger partial charge >= 0.3 is 0 Å². The maximum Gasteiger partial charge on any atom is 0.294 e. The zero-order valence-electron chi connectivity index (χ0n) is 19.9. The lowest BCUT2D eigenvalue weighted by molar-refractivity contribution is 0.0691. The normalized spacial score (nSPS) is 11.1. The van der Waals surface area contributed by atoms with Crippen LogP contribution in [0.4, 0.5) is 0 Å². The number of H-pyrrole nitrogens is 1. The minimum Gasteiger partial charge on any atom is -0.501 e. The first-order chi connectivity index (χ1) is 17.0. The Labute approximate surface area is 204 Å². The number of nitrogens with one attached hydrogen (secondary N) is 1. The highest BCUT2D eigenvalue weighted by Gasteiger charge is 2.27. The summed E-state index contributed by atoms with van der Waals surface area (Å²) >= 11 is 0. The minimum absolute atomic E-state index is 0.0899. The summed E-state index contributed by atoms with van der Waals surface area (Å²) in [5, 5.41) is 10.4. The Balaban J connectivity index is 1.64. The molecule has 3 aromatic carbocycles. The Morgan fingerprint density at radius 2 is 1.40 bits per heavy atom. The van der Waals surface area contributed by atoms with Crippen LogP contribution in [0.15, 0.2) is 95.8 Å². The van der Waals surface area contributed by atoms with Gasteiger partial charge in [-0.3, -0.25) is 9.59 Å². The Kier molecular flexibility index (Phi) is 7.41. The molecule has 0 fully saturated rings. The van der Waals surface area contributed by atoms with Crippen molar-refractivity contribution in [3.05, 3.63) is 118 Å². The van der Waals surface area contributed by atoms with Crippen LogP contribution in [0.5, 0.6) is 5.75 Å². The monoisotopic (exact) mass is 467 g/mol. The van der Waals surface area contributed by atoms with Gasteiger partial charge in [0.15, 0.2) is 5.69 Å². The maximum absolute atomic E-state index is 13.6. The molecule has 6 heteroatoms. The third kappa shape index (κ3) is 5.49. The van der Waals surface area contributed by atoms with Crippen molar-refractivity contribution in [2.24, 2.45) is 0 Å². The molecule has 4 rings (SSSR count). The summed E-state index contributed by atoms with van der Waals surface area (Å²) in [5.41, 5.74) is 2.01. The topological polar surface area (TPSA) is 86.3 Å². The maximum atomic E-state index is 13.6. The molecule has 0 aliphatic rings. The predicted molar refractivity (Wildman–Crippen MR) is 137 cm³/mol. The number of nitrogens with zero attached hydrogens (tertiary/aromatic N) is 2. The molecule has 0 atom stereocenters. The van der Waals surface area contributed by atoms with Gasteiger partial charge in [-0.05, 0) is 31.4 Å². The number of aromatic nitrogens is 2. The van der Waals surface area contributed by atoms with Gasteiger partial charge in [-0.25, -0.2) is 4.98 Å². The van der Waals surface area contributed by atoms with Crippen LogP contribution in [0, 0.1) is 0 Å². The molecule has 0 unspecified atom stereocenters. The van der Waals surface area contributed by atoms with E-state index in [1.54, 1.807) is 17.0 Å². The minimum atomic E-state index is -0.739. The molecule has 0 saturated heterocycles. The number of carbonyl (C=O) groups excluding carboxylic acids is 1. The van der Waals surface area contributed by atoms with E-state index in [9.17, 15) is 14.7 Å². The van der Waals surface area contributed by atoms with E-state index in [0.717, 1.165) is 0 Å². The van der Waals surface area contributed by atoms with Crippen molar-refractivity contribution in [2.45, 2.75) is 32.2 Å². The van der Waals surface area contributed by atoms with Crippen LogP contribution in [0.25, 0.3) is 11.4 Å². The summed E-state index contributed by atoms with van der Waals surface area (Å²) in [5.74, 6) is -0.803. The first-order valence-corrected chi connectivity index (χ1v) is 11.7. The van der Waals surface area contributed by atoms with Crippen molar-refractivity contribution < 1.29 is 9.90 Å². The van der Waals surface area contributed by atoms with Gasteiger partial charge in [0, 0.05) is 24.1 Å². The van der Waals surface area contributed by atoms with Crippen molar-refractivity contribution in [2.75, 3.05) is 6.54 Å². The lowest BCUT2D eigenvalue weighted by atomic mass is 9.88. The summed E-state index contributed by atoms with van der Waals surface area (Å²) < 4.78 is 0. The Hall–Kier alpha value is -4.19. The van der Waals surface area contributed by atoms with Crippen molar-refractivity contribution in [3.63, 3.8) is 0 Å². The molecule has 0 saturated carbocycles. The fourth-order valence-electron chi connectivity index (χ4n) is 4.24. The number of rotatable bonds is 8. The van der Waals surface area contributed by atoms with Crippen molar-refractivity contribution in [1.82, 2.24) is 14.9 Å². The smallest absolute Gasteiger partial charge is 0.294 e. The van der Waals surface area contributed by atoms with Crippen LogP contribution in [-0.4, -0.2) is 38.5 Å². The molecular formula is C29H29N3O3. The van der Waals surface area contributed by atoms with E-state index in [1.165, 1.54) is 11.1 Å². The fourth-order valence-corrected chi connectivity index (χ4v) is 4.24. The van der Waals surface area contributed by atoms with E-state index in [4.69, 9.17) is 0 Å². The third-order valence-corrected chi connectivity index (χ3v) is 6.09. The molecule has 4 aromatic rings. The average Bonchev–Trinajstić information content (AvgIpc) is 2.89. The summed E-state index contributed by atoms with van der Waals surface area (Å²) in [6.45, 7) is 4.26. The second-order valence-electron chi connectivity index (χ2n) is 8.73. The molecular weight excluding hydrogens is 438 g/mol. The van der Waals surface area contributed by atoms with Gasteiger partial charge in [0.1, 0.15) is 5.82 Å². The summed E-state index contributed by atoms with van der Waals surface area (Å²) in [6, 6.07) is 29.3. The van der Waals surface area contributed by atoms with Crippen LogP contribution in [0.3, 0.4) is 0 Å². The number of amides is 1. The van der Waals surface area contributed by atoms with E-state index >= 15 is 0 Å². The van der Waals surface area contributed by atoms with Crippen LogP contribution in [0.1, 0.15) is 47.8 Å². The lowest BCUT2D eigenvalue weighted by Gasteiger charge is -2.29. The van der Waals surface area contributed by atoms with Gasteiger partial charge in [-0.1, -0.05) is 91.0 Å². The van der Waals surface area contributed by atoms with Crippen LogP contribution in [0.2, 0.25) is 0 Å². The molecule has 0 spiro atoms. The molecule has 1 amide bonds. The number of hydrogen-bond acceptors (Lipinski definition) is 4. The Morgan fingerprint density at radius 3 is 1.91 bits per heavy atom. The van der Waals surface area contributed by atoms with Gasteiger partial charge in [0.25, 0.3) is 11.5 Å². The lowest BCUT2D eigenvalue weighted by Crippen LogP contribution is -2.39. The fraction of sp³-hybridized carbons (Fsp3) is 0.207. The Bertz CT molecular complexity index is 1280. The molecule has 0 radical (unpaired) electrons.